The predicted molar refractivity (Wildman–Crippen MR) is 61.6 cm³/mol. The van der Waals surface area contributed by atoms with Crippen molar-refractivity contribution in [2.45, 2.75) is 39.2 Å². The van der Waals surface area contributed by atoms with Crippen molar-refractivity contribution in [2.24, 2.45) is 11.1 Å². The van der Waals surface area contributed by atoms with Crippen molar-refractivity contribution in [1.82, 2.24) is 10.6 Å². The predicted octanol–water partition coefficient (Wildman–Crippen LogP) is -0.244. The van der Waals surface area contributed by atoms with Gasteiger partial charge in [0.25, 0.3) is 0 Å². The van der Waals surface area contributed by atoms with Crippen molar-refractivity contribution < 1.29 is 9.59 Å². The summed E-state index contributed by atoms with van der Waals surface area (Å²) in [5.41, 5.74) is 5.19. The number of nitrogens with one attached hydrogen (secondary N) is 2. The first-order valence-corrected chi connectivity index (χ1v) is 5.78. The average molecular weight is 227 g/mol. The number of carbonyl (C=O) groups is 2. The third kappa shape index (κ3) is 2.95. The van der Waals surface area contributed by atoms with E-state index < -0.39 is 5.41 Å². The maximum absolute atomic E-state index is 11.8. The molecule has 0 aliphatic heterocycles. The van der Waals surface area contributed by atoms with Gasteiger partial charge < -0.3 is 16.4 Å². The van der Waals surface area contributed by atoms with Gasteiger partial charge in [0.1, 0.15) is 0 Å². The van der Waals surface area contributed by atoms with Crippen molar-refractivity contribution >= 4 is 11.8 Å². The van der Waals surface area contributed by atoms with Gasteiger partial charge in [-0.05, 0) is 26.7 Å². The van der Waals surface area contributed by atoms with Gasteiger partial charge in [-0.25, -0.2) is 0 Å². The molecule has 0 aromatic carbocycles. The van der Waals surface area contributed by atoms with E-state index in [4.69, 9.17) is 5.73 Å². The van der Waals surface area contributed by atoms with Crippen molar-refractivity contribution in [3.8, 4) is 0 Å². The highest BCUT2D eigenvalue weighted by atomic mass is 16.2. The van der Waals surface area contributed by atoms with E-state index in [-0.39, 0.29) is 24.4 Å². The number of hydrogen-bond acceptors (Lipinski definition) is 3. The average Bonchev–Trinajstić information content (AvgIpc) is 2.12. The molecule has 1 aliphatic carbocycles. The molecular weight excluding hydrogens is 206 g/mol. The maximum atomic E-state index is 11.8. The van der Waals surface area contributed by atoms with Gasteiger partial charge >= 0.3 is 0 Å². The zero-order valence-corrected chi connectivity index (χ0v) is 10.0. The highest BCUT2D eigenvalue weighted by Gasteiger charge is 2.42. The van der Waals surface area contributed by atoms with Gasteiger partial charge in [-0.3, -0.25) is 9.59 Å². The second-order valence-corrected chi connectivity index (χ2v) is 4.74. The van der Waals surface area contributed by atoms with Gasteiger partial charge in [-0.1, -0.05) is 6.42 Å². The van der Waals surface area contributed by atoms with E-state index in [1.54, 1.807) is 0 Å². The van der Waals surface area contributed by atoms with Crippen LogP contribution in [0, 0.1) is 5.41 Å². The first-order chi connectivity index (χ1) is 7.50. The Hall–Kier alpha value is -1.10. The quantitative estimate of drug-likeness (QED) is 0.606. The molecule has 0 aromatic heterocycles. The maximum Gasteiger partial charge on any atom is 0.239 e. The van der Waals surface area contributed by atoms with E-state index in [9.17, 15) is 9.59 Å². The second kappa shape index (κ2) is 5.30. The summed E-state index contributed by atoms with van der Waals surface area (Å²) >= 11 is 0. The van der Waals surface area contributed by atoms with E-state index in [0.717, 1.165) is 19.3 Å². The van der Waals surface area contributed by atoms with Gasteiger partial charge in [-0.15, -0.1) is 0 Å². The molecule has 16 heavy (non-hydrogen) atoms. The lowest BCUT2D eigenvalue weighted by Gasteiger charge is -2.38. The molecule has 1 aliphatic rings. The van der Waals surface area contributed by atoms with E-state index in [0.29, 0.717) is 6.54 Å². The molecule has 2 amide bonds. The molecule has 0 heterocycles. The van der Waals surface area contributed by atoms with Crippen LogP contribution in [0.5, 0.6) is 0 Å². The third-order valence-corrected chi connectivity index (χ3v) is 3.04. The van der Waals surface area contributed by atoms with Crippen LogP contribution in [0.3, 0.4) is 0 Å². The number of hydrogen-bond donors (Lipinski definition) is 3. The summed E-state index contributed by atoms with van der Waals surface area (Å²) in [6.45, 7) is 4.17. The molecule has 92 valence electrons. The molecule has 4 N–H and O–H groups in total. The lowest BCUT2D eigenvalue weighted by Crippen LogP contribution is -2.52. The van der Waals surface area contributed by atoms with Crippen LogP contribution in [-0.2, 0) is 9.59 Å². The van der Waals surface area contributed by atoms with Crippen LogP contribution in [0.1, 0.15) is 33.1 Å². The number of nitrogens with two attached hydrogens (primary N) is 1. The lowest BCUT2D eigenvalue weighted by atomic mass is 9.68. The van der Waals surface area contributed by atoms with E-state index in [1.807, 2.05) is 13.8 Å². The zero-order chi connectivity index (χ0) is 12.2. The first kappa shape index (κ1) is 13.0. The molecule has 0 unspecified atom stereocenters. The van der Waals surface area contributed by atoms with Crippen LogP contribution in [0.2, 0.25) is 0 Å². The summed E-state index contributed by atoms with van der Waals surface area (Å²) in [6.07, 6.45) is 2.71. The fourth-order valence-corrected chi connectivity index (χ4v) is 1.85. The number of carbonyl (C=O) groups excluding carboxylic acids is 2. The Kier molecular flexibility index (Phi) is 4.29. The number of rotatable bonds is 5. The van der Waals surface area contributed by atoms with E-state index in [2.05, 4.69) is 10.6 Å². The minimum atomic E-state index is -0.405. The Balaban J connectivity index is 2.32. The summed E-state index contributed by atoms with van der Waals surface area (Å²) in [5.74, 6) is -0.241. The van der Waals surface area contributed by atoms with Crippen LogP contribution in [0.15, 0.2) is 0 Å². The minimum absolute atomic E-state index is 0.0404. The van der Waals surface area contributed by atoms with Crippen LogP contribution in [0.25, 0.3) is 0 Å². The molecule has 0 radical (unpaired) electrons. The molecule has 0 atom stereocenters. The Bertz CT molecular complexity index is 267. The smallest absolute Gasteiger partial charge is 0.239 e. The van der Waals surface area contributed by atoms with Crippen molar-refractivity contribution in [3.05, 3.63) is 0 Å². The molecule has 1 fully saturated rings. The zero-order valence-electron chi connectivity index (χ0n) is 10.0. The largest absolute Gasteiger partial charge is 0.352 e. The Labute approximate surface area is 96.1 Å². The van der Waals surface area contributed by atoms with Crippen LogP contribution < -0.4 is 16.4 Å². The highest BCUT2D eigenvalue weighted by molar-refractivity contribution is 5.88. The topological polar surface area (TPSA) is 84.2 Å². The molecule has 1 saturated carbocycles. The van der Waals surface area contributed by atoms with Gasteiger partial charge in [0.15, 0.2) is 0 Å². The fourth-order valence-electron chi connectivity index (χ4n) is 1.85. The van der Waals surface area contributed by atoms with Gasteiger partial charge in [0.2, 0.25) is 11.8 Å². The first-order valence-electron chi connectivity index (χ1n) is 5.78. The fraction of sp³-hybridized carbons (Fsp3) is 0.818. The van der Waals surface area contributed by atoms with Gasteiger partial charge in [0.05, 0.1) is 12.0 Å². The molecule has 0 bridgehead atoms. The molecule has 0 aromatic rings. The summed E-state index contributed by atoms with van der Waals surface area (Å²) in [7, 11) is 0. The Morgan fingerprint density at radius 2 is 2.00 bits per heavy atom. The van der Waals surface area contributed by atoms with Gasteiger partial charge in [0, 0.05) is 12.6 Å². The van der Waals surface area contributed by atoms with Gasteiger partial charge in [-0.2, -0.15) is 0 Å². The molecule has 1 rings (SSSR count). The van der Waals surface area contributed by atoms with E-state index >= 15 is 0 Å². The third-order valence-electron chi connectivity index (χ3n) is 3.04. The summed E-state index contributed by atoms with van der Waals surface area (Å²) in [5, 5.41) is 5.37. The van der Waals surface area contributed by atoms with Crippen molar-refractivity contribution in [3.63, 3.8) is 0 Å². The number of amides is 2. The second-order valence-electron chi connectivity index (χ2n) is 4.74. The monoisotopic (exact) mass is 227 g/mol. The summed E-state index contributed by atoms with van der Waals surface area (Å²) in [4.78, 5) is 23.1. The van der Waals surface area contributed by atoms with Crippen molar-refractivity contribution in [1.29, 1.82) is 0 Å². The molecule has 5 nitrogen and oxygen atoms in total. The highest BCUT2D eigenvalue weighted by Crippen LogP contribution is 2.39. The van der Waals surface area contributed by atoms with Crippen LogP contribution in [0.4, 0.5) is 0 Å². The van der Waals surface area contributed by atoms with E-state index in [1.165, 1.54) is 0 Å². The normalized spacial score (nSPS) is 17.8. The molecule has 0 saturated heterocycles. The van der Waals surface area contributed by atoms with Crippen LogP contribution in [-0.4, -0.2) is 30.9 Å². The Morgan fingerprint density at radius 3 is 2.38 bits per heavy atom. The van der Waals surface area contributed by atoms with Crippen molar-refractivity contribution in [2.75, 3.05) is 13.1 Å². The summed E-state index contributed by atoms with van der Waals surface area (Å²) < 4.78 is 0. The SMILES string of the molecule is CC(C)NC(=O)CNC(=O)C1(CN)CCC1. The summed E-state index contributed by atoms with van der Waals surface area (Å²) in [6, 6.07) is 0.0940. The molecule has 5 heteroatoms. The van der Waals surface area contributed by atoms with Crippen LogP contribution >= 0.6 is 0 Å². The minimum Gasteiger partial charge on any atom is -0.352 e. The standard InChI is InChI=1S/C11H21N3O2/c1-8(2)14-9(15)6-13-10(16)11(7-12)4-3-5-11/h8H,3-7,12H2,1-2H3,(H,13,16)(H,14,15). The molecular formula is C11H21N3O2. The lowest BCUT2D eigenvalue weighted by molar-refractivity contribution is -0.137. The molecule has 0 spiro atoms. The Morgan fingerprint density at radius 1 is 1.38 bits per heavy atom.